The van der Waals surface area contributed by atoms with Gasteiger partial charge in [0.05, 0.1) is 5.69 Å². The summed E-state index contributed by atoms with van der Waals surface area (Å²) in [4.78, 5) is 3.96. The Morgan fingerprint density at radius 2 is 2.00 bits per heavy atom. The van der Waals surface area contributed by atoms with Crippen molar-refractivity contribution in [1.82, 2.24) is 4.98 Å². The minimum Gasteiger partial charge on any atom is -0.384 e. The third-order valence-corrected chi connectivity index (χ3v) is 2.66. The highest BCUT2D eigenvalue weighted by molar-refractivity contribution is 9.10. The number of aromatic nitrogens is 1. The number of rotatable bonds is 2. The molecule has 0 amide bonds. The summed E-state index contributed by atoms with van der Waals surface area (Å²) < 4.78 is 26.7. The van der Waals surface area contributed by atoms with E-state index in [0.29, 0.717) is 11.6 Å². The molecule has 0 radical (unpaired) electrons. The average molecular weight is 300 g/mol. The standard InChI is InChI=1S/C11H8BrF2N3/c12-7-4-6(13)5-8(14)11(7)17-10-3-1-2-9(15)16-10/h1-5H,(H3,15,16,17). The highest BCUT2D eigenvalue weighted by atomic mass is 79.9. The molecule has 0 aliphatic heterocycles. The minimum atomic E-state index is -0.707. The highest BCUT2D eigenvalue weighted by Gasteiger charge is 2.10. The molecular formula is C11H8BrF2N3. The van der Waals surface area contributed by atoms with Crippen molar-refractivity contribution in [1.29, 1.82) is 0 Å². The Hall–Kier alpha value is -1.69. The van der Waals surface area contributed by atoms with Crippen molar-refractivity contribution < 1.29 is 8.78 Å². The van der Waals surface area contributed by atoms with E-state index < -0.39 is 11.6 Å². The fourth-order valence-corrected chi connectivity index (χ4v) is 1.82. The maximum absolute atomic E-state index is 13.5. The summed E-state index contributed by atoms with van der Waals surface area (Å²) in [7, 11) is 0. The van der Waals surface area contributed by atoms with Gasteiger partial charge in [-0.3, -0.25) is 0 Å². The van der Waals surface area contributed by atoms with Gasteiger partial charge in [0.1, 0.15) is 17.5 Å². The number of pyridine rings is 1. The lowest BCUT2D eigenvalue weighted by Gasteiger charge is -2.09. The van der Waals surface area contributed by atoms with Crippen molar-refractivity contribution in [3.8, 4) is 0 Å². The molecule has 0 fully saturated rings. The molecule has 88 valence electrons. The van der Waals surface area contributed by atoms with Crippen LogP contribution in [0.15, 0.2) is 34.8 Å². The van der Waals surface area contributed by atoms with Gasteiger partial charge in [0, 0.05) is 10.5 Å². The molecule has 6 heteroatoms. The summed E-state index contributed by atoms with van der Waals surface area (Å²) in [5.41, 5.74) is 5.61. The van der Waals surface area contributed by atoms with Crippen LogP contribution >= 0.6 is 15.9 Å². The fraction of sp³-hybridized carbons (Fsp3) is 0. The number of anilines is 3. The van der Waals surface area contributed by atoms with Gasteiger partial charge in [-0.2, -0.15) is 0 Å². The van der Waals surface area contributed by atoms with Gasteiger partial charge in [0.15, 0.2) is 5.82 Å². The minimum absolute atomic E-state index is 0.115. The molecule has 2 rings (SSSR count). The lowest BCUT2D eigenvalue weighted by atomic mass is 10.3. The van der Waals surface area contributed by atoms with Crippen molar-refractivity contribution in [3.63, 3.8) is 0 Å². The largest absolute Gasteiger partial charge is 0.384 e. The van der Waals surface area contributed by atoms with Crippen LogP contribution in [-0.4, -0.2) is 4.98 Å². The molecule has 0 saturated carbocycles. The Bertz CT molecular complexity index is 537. The van der Waals surface area contributed by atoms with E-state index in [0.717, 1.165) is 12.1 Å². The predicted octanol–water partition coefficient (Wildman–Crippen LogP) is 3.45. The van der Waals surface area contributed by atoms with Crippen LogP contribution in [0.3, 0.4) is 0 Å². The second-order valence-electron chi connectivity index (χ2n) is 3.32. The molecule has 0 aliphatic carbocycles. The van der Waals surface area contributed by atoms with Gasteiger partial charge in [-0.15, -0.1) is 0 Å². The topological polar surface area (TPSA) is 50.9 Å². The molecule has 3 N–H and O–H groups in total. The first-order valence-electron chi connectivity index (χ1n) is 4.70. The van der Waals surface area contributed by atoms with Crippen LogP contribution in [0.2, 0.25) is 0 Å². The summed E-state index contributed by atoms with van der Waals surface area (Å²) >= 11 is 3.07. The third-order valence-electron chi connectivity index (χ3n) is 2.03. The normalized spacial score (nSPS) is 10.3. The molecule has 0 unspecified atom stereocenters. The molecule has 1 heterocycles. The van der Waals surface area contributed by atoms with Gasteiger partial charge in [-0.05, 0) is 34.1 Å². The van der Waals surface area contributed by atoms with Crippen molar-refractivity contribution in [2.45, 2.75) is 0 Å². The van der Waals surface area contributed by atoms with Gasteiger partial charge < -0.3 is 11.1 Å². The summed E-state index contributed by atoms with van der Waals surface area (Å²) in [6, 6.07) is 6.88. The van der Waals surface area contributed by atoms with Crippen molar-refractivity contribution >= 4 is 33.3 Å². The lowest BCUT2D eigenvalue weighted by molar-refractivity contribution is 0.584. The number of nitrogens with zero attached hydrogens (tertiary/aromatic N) is 1. The molecule has 0 saturated heterocycles. The van der Waals surface area contributed by atoms with Gasteiger partial charge in [0.2, 0.25) is 0 Å². The Balaban J connectivity index is 2.36. The van der Waals surface area contributed by atoms with Crippen LogP contribution < -0.4 is 11.1 Å². The number of halogens is 3. The molecule has 0 aliphatic rings. The molecule has 0 atom stereocenters. The SMILES string of the molecule is Nc1cccc(Nc2c(F)cc(F)cc2Br)n1. The maximum Gasteiger partial charge on any atom is 0.150 e. The summed E-state index contributed by atoms with van der Waals surface area (Å²) in [6.45, 7) is 0. The van der Waals surface area contributed by atoms with Gasteiger partial charge in [-0.25, -0.2) is 13.8 Å². The number of nitrogens with one attached hydrogen (secondary N) is 1. The molecule has 1 aromatic carbocycles. The number of benzene rings is 1. The van der Waals surface area contributed by atoms with E-state index in [4.69, 9.17) is 5.73 Å². The van der Waals surface area contributed by atoms with E-state index in [-0.39, 0.29) is 10.2 Å². The van der Waals surface area contributed by atoms with E-state index in [1.54, 1.807) is 18.2 Å². The van der Waals surface area contributed by atoms with Gasteiger partial charge in [-0.1, -0.05) is 6.07 Å². The maximum atomic E-state index is 13.5. The first kappa shape index (κ1) is 11.8. The quantitative estimate of drug-likeness (QED) is 0.893. The molecule has 0 spiro atoms. The first-order valence-corrected chi connectivity index (χ1v) is 5.49. The number of nitrogen functional groups attached to an aromatic ring is 1. The van der Waals surface area contributed by atoms with Crippen LogP contribution in [-0.2, 0) is 0 Å². The average Bonchev–Trinajstić information content (AvgIpc) is 2.23. The van der Waals surface area contributed by atoms with E-state index in [1.807, 2.05) is 0 Å². The Labute approximate surface area is 105 Å². The van der Waals surface area contributed by atoms with Gasteiger partial charge >= 0.3 is 0 Å². The van der Waals surface area contributed by atoms with E-state index >= 15 is 0 Å². The van der Waals surface area contributed by atoms with Crippen molar-refractivity contribution in [2.24, 2.45) is 0 Å². The van der Waals surface area contributed by atoms with Crippen LogP contribution in [0.25, 0.3) is 0 Å². The summed E-state index contributed by atoms with van der Waals surface area (Å²) in [6.07, 6.45) is 0. The number of nitrogens with two attached hydrogens (primary N) is 1. The Kier molecular flexibility index (Phi) is 3.23. The zero-order chi connectivity index (χ0) is 12.4. The van der Waals surface area contributed by atoms with E-state index in [9.17, 15) is 8.78 Å². The number of hydrogen-bond donors (Lipinski definition) is 2. The van der Waals surface area contributed by atoms with Crippen molar-refractivity contribution in [3.05, 3.63) is 46.4 Å². The molecule has 3 nitrogen and oxygen atoms in total. The van der Waals surface area contributed by atoms with Crippen molar-refractivity contribution in [2.75, 3.05) is 11.1 Å². The molecule has 17 heavy (non-hydrogen) atoms. The zero-order valence-corrected chi connectivity index (χ0v) is 10.1. The molecule has 0 bridgehead atoms. The predicted molar refractivity (Wildman–Crippen MR) is 66.0 cm³/mol. The van der Waals surface area contributed by atoms with Crippen LogP contribution in [0.1, 0.15) is 0 Å². The van der Waals surface area contributed by atoms with Crippen LogP contribution in [0.5, 0.6) is 0 Å². The first-order chi connectivity index (χ1) is 8.06. The van der Waals surface area contributed by atoms with Crippen LogP contribution in [0, 0.1) is 11.6 Å². The Morgan fingerprint density at radius 1 is 1.24 bits per heavy atom. The van der Waals surface area contributed by atoms with E-state index in [2.05, 4.69) is 26.2 Å². The lowest BCUT2D eigenvalue weighted by Crippen LogP contribution is -2.00. The second-order valence-corrected chi connectivity index (χ2v) is 4.17. The van der Waals surface area contributed by atoms with E-state index in [1.165, 1.54) is 0 Å². The molecular weight excluding hydrogens is 292 g/mol. The zero-order valence-electron chi connectivity index (χ0n) is 8.55. The monoisotopic (exact) mass is 299 g/mol. The summed E-state index contributed by atoms with van der Waals surface area (Å²) in [5, 5.41) is 2.73. The highest BCUT2D eigenvalue weighted by Crippen LogP contribution is 2.29. The smallest absolute Gasteiger partial charge is 0.150 e. The Morgan fingerprint density at radius 3 is 2.65 bits per heavy atom. The summed E-state index contributed by atoms with van der Waals surface area (Å²) in [5.74, 6) is -0.661. The van der Waals surface area contributed by atoms with Gasteiger partial charge in [0.25, 0.3) is 0 Å². The van der Waals surface area contributed by atoms with Crippen LogP contribution in [0.4, 0.5) is 26.1 Å². The molecule has 1 aromatic heterocycles. The molecule has 2 aromatic rings. The fourth-order valence-electron chi connectivity index (χ4n) is 1.31. The third kappa shape index (κ3) is 2.71. The number of hydrogen-bond acceptors (Lipinski definition) is 3. The second kappa shape index (κ2) is 4.67.